The number of alkyl halides is 3. The first kappa shape index (κ1) is 25.1. The van der Waals surface area contributed by atoms with Crippen LogP contribution >= 0.6 is 11.3 Å². The molecule has 2 unspecified atom stereocenters. The molecule has 1 saturated heterocycles. The second-order valence-electron chi connectivity index (χ2n) is 10.5. The number of nitrogens with zero attached hydrogens (tertiary/aromatic N) is 5. The van der Waals surface area contributed by atoms with E-state index in [9.17, 15) is 18.4 Å². The standard InChI is InChI=1S/C27H28F3N7S/c28-27(29,30)10-20-9-21-25(33-15-34-26(21)38-20)35-23-5-6-36(14-22(23)32)12-17-3-4-24-18(7-17)8-19(11-31)37(24)13-16-1-2-16/h3-4,7-9,15-16,22-23H,1-2,5-6,10,12-14,32H2,(H,33,34,35). The highest BCUT2D eigenvalue weighted by Gasteiger charge is 2.30. The number of likely N-dealkylation sites (tertiary alicyclic amines) is 1. The van der Waals surface area contributed by atoms with E-state index in [0.717, 1.165) is 48.3 Å². The molecule has 4 aromatic rings. The molecule has 3 aromatic heterocycles. The van der Waals surface area contributed by atoms with Crippen molar-refractivity contribution in [2.24, 2.45) is 11.7 Å². The molecule has 1 saturated carbocycles. The second kappa shape index (κ2) is 9.84. The number of hydrogen-bond acceptors (Lipinski definition) is 7. The number of nitrogens with one attached hydrogen (secondary N) is 1. The van der Waals surface area contributed by atoms with Crippen molar-refractivity contribution in [2.75, 3.05) is 18.4 Å². The molecule has 2 aliphatic rings. The second-order valence-corrected chi connectivity index (χ2v) is 11.6. The summed E-state index contributed by atoms with van der Waals surface area (Å²) in [5.74, 6) is 1.22. The number of hydrogen-bond donors (Lipinski definition) is 2. The molecular weight excluding hydrogens is 511 g/mol. The van der Waals surface area contributed by atoms with Gasteiger partial charge in [-0.3, -0.25) is 4.90 Å². The van der Waals surface area contributed by atoms with Crippen LogP contribution in [-0.4, -0.2) is 50.8 Å². The van der Waals surface area contributed by atoms with Crippen LogP contribution in [0.15, 0.2) is 36.7 Å². The fraction of sp³-hybridized carbons (Fsp3) is 0.444. The summed E-state index contributed by atoms with van der Waals surface area (Å²) in [6.07, 6.45) is -0.597. The van der Waals surface area contributed by atoms with Gasteiger partial charge in [0.2, 0.25) is 0 Å². The Morgan fingerprint density at radius 2 is 2.00 bits per heavy atom. The molecule has 7 nitrogen and oxygen atoms in total. The average Bonchev–Trinajstić information content (AvgIpc) is 3.49. The summed E-state index contributed by atoms with van der Waals surface area (Å²) in [5, 5.41) is 14.7. The molecule has 38 heavy (non-hydrogen) atoms. The van der Waals surface area contributed by atoms with Gasteiger partial charge in [-0.2, -0.15) is 18.4 Å². The molecular formula is C27H28F3N7S. The lowest BCUT2D eigenvalue weighted by Gasteiger charge is -2.37. The molecule has 3 N–H and O–H groups in total. The zero-order chi connectivity index (χ0) is 26.4. The number of nitrogens with two attached hydrogens (primary N) is 1. The first-order valence-electron chi connectivity index (χ1n) is 12.8. The van der Waals surface area contributed by atoms with Crippen LogP contribution in [0, 0.1) is 17.2 Å². The molecule has 6 rings (SSSR count). The minimum atomic E-state index is -4.26. The molecule has 0 spiro atoms. The molecule has 1 aliphatic carbocycles. The maximum absolute atomic E-state index is 12.9. The predicted molar refractivity (Wildman–Crippen MR) is 142 cm³/mol. The van der Waals surface area contributed by atoms with Crippen LogP contribution in [0.25, 0.3) is 21.1 Å². The molecule has 1 aliphatic heterocycles. The number of benzene rings is 1. The predicted octanol–water partition coefficient (Wildman–Crippen LogP) is 5.05. The summed E-state index contributed by atoms with van der Waals surface area (Å²) < 4.78 is 40.7. The molecule has 1 aromatic carbocycles. The Bertz CT molecular complexity index is 1510. The van der Waals surface area contributed by atoms with Crippen LogP contribution in [0.4, 0.5) is 19.0 Å². The first-order valence-corrected chi connectivity index (χ1v) is 13.6. The summed E-state index contributed by atoms with van der Waals surface area (Å²) in [7, 11) is 0. The normalized spacial score (nSPS) is 20.7. The number of rotatable bonds is 7. The third-order valence-electron chi connectivity index (χ3n) is 7.44. The smallest absolute Gasteiger partial charge is 0.365 e. The number of anilines is 1. The summed E-state index contributed by atoms with van der Waals surface area (Å²) >= 11 is 1.04. The zero-order valence-electron chi connectivity index (χ0n) is 20.7. The van der Waals surface area contributed by atoms with Crippen LogP contribution in [0.1, 0.15) is 35.4 Å². The van der Waals surface area contributed by atoms with Gasteiger partial charge < -0.3 is 15.6 Å². The van der Waals surface area contributed by atoms with Gasteiger partial charge in [0, 0.05) is 54.0 Å². The van der Waals surface area contributed by atoms with Crippen molar-refractivity contribution in [3.8, 4) is 6.07 Å². The van der Waals surface area contributed by atoms with Crippen LogP contribution in [0.5, 0.6) is 0 Å². The minimum Gasteiger partial charge on any atom is -0.365 e. The lowest BCUT2D eigenvalue weighted by molar-refractivity contribution is -0.126. The van der Waals surface area contributed by atoms with E-state index in [4.69, 9.17) is 5.73 Å². The number of piperidine rings is 1. The number of nitriles is 1. The Morgan fingerprint density at radius 1 is 1.16 bits per heavy atom. The fourth-order valence-electron chi connectivity index (χ4n) is 5.38. The summed E-state index contributed by atoms with van der Waals surface area (Å²) in [5.41, 5.74) is 9.56. The highest BCUT2D eigenvalue weighted by molar-refractivity contribution is 7.18. The van der Waals surface area contributed by atoms with Gasteiger partial charge in [-0.15, -0.1) is 11.3 Å². The highest BCUT2D eigenvalue weighted by Crippen LogP contribution is 2.34. The molecule has 0 bridgehead atoms. The van der Waals surface area contributed by atoms with Crippen LogP contribution in [0.2, 0.25) is 0 Å². The largest absolute Gasteiger partial charge is 0.393 e. The van der Waals surface area contributed by atoms with Gasteiger partial charge >= 0.3 is 6.18 Å². The number of halogens is 3. The average molecular weight is 540 g/mol. The molecule has 2 fully saturated rings. The fourth-order valence-corrected chi connectivity index (χ4v) is 6.41. The molecule has 2 atom stereocenters. The number of aromatic nitrogens is 3. The minimum absolute atomic E-state index is 0.0487. The van der Waals surface area contributed by atoms with Crippen molar-refractivity contribution < 1.29 is 13.2 Å². The first-order chi connectivity index (χ1) is 18.3. The summed E-state index contributed by atoms with van der Waals surface area (Å²) in [4.78, 5) is 11.5. The van der Waals surface area contributed by atoms with Gasteiger partial charge in [0.05, 0.1) is 11.8 Å². The Kier molecular flexibility index (Phi) is 6.50. The van der Waals surface area contributed by atoms with Crippen molar-refractivity contribution in [1.82, 2.24) is 19.4 Å². The topological polar surface area (TPSA) is 95.8 Å². The van der Waals surface area contributed by atoms with Gasteiger partial charge in [0.15, 0.2) is 0 Å². The SMILES string of the molecule is N#Cc1cc2cc(CN3CCC(Nc4ncnc5sc(CC(F)(F)F)cc45)C(N)C3)ccc2n1CC1CC1. The molecule has 4 heterocycles. The van der Waals surface area contributed by atoms with E-state index >= 15 is 0 Å². The monoisotopic (exact) mass is 539 g/mol. The maximum atomic E-state index is 12.9. The highest BCUT2D eigenvalue weighted by atomic mass is 32.1. The van der Waals surface area contributed by atoms with E-state index < -0.39 is 12.6 Å². The number of fused-ring (bicyclic) bond motifs is 2. The van der Waals surface area contributed by atoms with Gasteiger partial charge in [0.1, 0.15) is 28.7 Å². The lowest BCUT2D eigenvalue weighted by Crippen LogP contribution is -2.53. The quantitative estimate of drug-likeness (QED) is 0.341. The van der Waals surface area contributed by atoms with E-state index in [1.54, 1.807) is 0 Å². The zero-order valence-corrected chi connectivity index (χ0v) is 21.5. The van der Waals surface area contributed by atoms with Crippen LogP contribution < -0.4 is 11.1 Å². The Labute approximate surface area is 222 Å². The molecule has 198 valence electrons. The van der Waals surface area contributed by atoms with Crippen molar-refractivity contribution in [3.05, 3.63) is 52.8 Å². The summed E-state index contributed by atoms with van der Waals surface area (Å²) in [6, 6.07) is 12.1. The third-order valence-corrected chi connectivity index (χ3v) is 8.49. The van der Waals surface area contributed by atoms with Gasteiger partial charge in [-0.05, 0) is 55.0 Å². The molecule has 11 heteroatoms. The van der Waals surface area contributed by atoms with Crippen molar-refractivity contribution >= 4 is 38.3 Å². The van der Waals surface area contributed by atoms with E-state index in [0.29, 0.717) is 34.2 Å². The Morgan fingerprint density at radius 3 is 2.74 bits per heavy atom. The van der Waals surface area contributed by atoms with Crippen molar-refractivity contribution in [3.63, 3.8) is 0 Å². The van der Waals surface area contributed by atoms with Gasteiger partial charge in [0.25, 0.3) is 0 Å². The summed E-state index contributed by atoms with van der Waals surface area (Å²) in [6.45, 7) is 3.18. The lowest BCUT2D eigenvalue weighted by atomic mass is 9.99. The van der Waals surface area contributed by atoms with Crippen molar-refractivity contribution in [1.29, 1.82) is 5.26 Å². The van der Waals surface area contributed by atoms with E-state index in [1.165, 1.54) is 30.8 Å². The van der Waals surface area contributed by atoms with E-state index in [-0.39, 0.29) is 17.0 Å². The van der Waals surface area contributed by atoms with Crippen molar-refractivity contribution in [2.45, 2.75) is 57.0 Å². The maximum Gasteiger partial charge on any atom is 0.393 e. The third kappa shape index (κ3) is 5.34. The Hall–Kier alpha value is -3.20. The number of thiophene rings is 1. The van der Waals surface area contributed by atoms with Crippen LogP contribution in [-0.2, 0) is 19.5 Å². The van der Waals surface area contributed by atoms with Gasteiger partial charge in [-0.25, -0.2) is 9.97 Å². The van der Waals surface area contributed by atoms with Gasteiger partial charge in [-0.1, -0.05) is 6.07 Å². The van der Waals surface area contributed by atoms with E-state index in [2.05, 4.69) is 49.0 Å². The molecule has 0 amide bonds. The molecule has 0 radical (unpaired) electrons. The van der Waals surface area contributed by atoms with E-state index in [1.807, 2.05) is 6.07 Å². The Balaban J connectivity index is 1.12. The van der Waals surface area contributed by atoms with Crippen LogP contribution in [0.3, 0.4) is 0 Å².